The van der Waals surface area contributed by atoms with E-state index in [2.05, 4.69) is 5.32 Å². The van der Waals surface area contributed by atoms with E-state index in [4.69, 9.17) is 14.2 Å². The lowest BCUT2D eigenvalue weighted by Gasteiger charge is -2.22. The molecule has 5 nitrogen and oxygen atoms in total. The Kier molecular flexibility index (Phi) is 6.89. The molecule has 0 bridgehead atoms. The molecular formula is C21H27NO4. The molecule has 0 heterocycles. The minimum atomic E-state index is -0.559. The molecular weight excluding hydrogens is 330 g/mol. The van der Waals surface area contributed by atoms with Gasteiger partial charge in [-0.3, -0.25) is 4.79 Å². The number of carbonyl (C=O) groups is 1. The van der Waals surface area contributed by atoms with E-state index < -0.39 is 6.10 Å². The maximum absolute atomic E-state index is 12.7. The van der Waals surface area contributed by atoms with E-state index in [1.165, 1.54) is 0 Å². The molecule has 0 spiro atoms. The molecule has 2 aromatic rings. The van der Waals surface area contributed by atoms with Gasteiger partial charge in [-0.25, -0.2) is 0 Å². The number of aryl methyl sites for hydroxylation is 1. The molecule has 0 saturated carbocycles. The van der Waals surface area contributed by atoms with Crippen molar-refractivity contribution in [2.75, 3.05) is 14.2 Å². The highest BCUT2D eigenvalue weighted by atomic mass is 16.5. The summed E-state index contributed by atoms with van der Waals surface area (Å²) < 4.78 is 16.5. The summed E-state index contributed by atoms with van der Waals surface area (Å²) in [5.41, 5.74) is 2.00. The highest BCUT2D eigenvalue weighted by Gasteiger charge is 2.22. The fourth-order valence-corrected chi connectivity index (χ4v) is 2.67. The van der Waals surface area contributed by atoms with Crippen molar-refractivity contribution in [1.29, 1.82) is 0 Å². The maximum Gasteiger partial charge on any atom is 0.261 e. The van der Waals surface area contributed by atoms with E-state index in [9.17, 15) is 4.79 Å². The minimum Gasteiger partial charge on any atom is -0.497 e. The molecule has 26 heavy (non-hydrogen) atoms. The first-order valence-electron chi connectivity index (χ1n) is 8.74. The standard InChI is InChI=1S/C21H27NO4/c1-6-19(26-16-9-7-14(2)8-10-16)21(23)22-15(3)18-13-17(24-4)11-12-20(18)25-5/h7-13,15,19H,6H2,1-5H3,(H,22,23)/t15-,19+/m0/s1. The van der Waals surface area contributed by atoms with Crippen LogP contribution in [0.25, 0.3) is 0 Å². The van der Waals surface area contributed by atoms with E-state index in [0.29, 0.717) is 23.7 Å². The quantitative estimate of drug-likeness (QED) is 0.774. The lowest BCUT2D eigenvalue weighted by atomic mass is 10.1. The summed E-state index contributed by atoms with van der Waals surface area (Å²) in [5.74, 6) is 1.94. The van der Waals surface area contributed by atoms with Crippen molar-refractivity contribution in [1.82, 2.24) is 5.32 Å². The van der Waals surface area contributed by atoms with Gasteiger partial charge in [-0.05, 0) is 50.6 Å². The summed E-state index contributed by atoms with van der Waals surface area (Å²) in [6, 6.07) is 12.9. The molecule has 0 aliphatic carbocycles. The number of hydrogen-bond acceptors (Lipinski definition) is 4. The van der Waals surface area contributed by atoms with Crippen molar-refractivity contribution >= 4 is 5.91 Å². The monoisotopic (exact) mass is 357 g/mol. The molecule has 2 aromatic carbocycles. The number of amides is 1. The van der Waals surface area contributed by atoms with Crippen molar-refractivity contribution in [2.45, 2.75) is 39.3 Å². The first-order chi connectivity index (χ1) is 12.5. The van der Waals surface area contributed by atoms with Gasteiger partial charge in [-0.15, -0.1) is 0 Å². The van der Waals surface area contributed by atoms with Crippen LogP contribution >= 0.6 is 0 Å². The summed E-state index contributed by atoms with van der Waals surface area (Å²) in [6.45, 7) is 5.85. The normalized spacial score (nSPS) is 12.8. The molecule has 0 aromatic heterocycles. The Labute approximate surface area is 155 Å². The predicted octanol–water partition coefficient (Wildman–Crippen LogP) is 4.05. The zero-order valence-corrected chi connectivity index (χ0v) is 16.0. The number of rotatable bonds is 8. The van der Waals surface area contributed by atoms with Crippen LogP contribution < -0.4 is 19.5 Å². The molecule has 0 unspecified atom stereocenters. The fraction of sp³-hybridized carbons (Fsp3) is 0.381. The zero-order valence-electron chi connectivity index (χ0n) is 16.0. The van der Waals surface area contributed by atoms with Crippen molar-refractivity contribution in [3.63, 3.8) is 0 Å². The van der Waals surface area contributed by atoms with Crippen LogP contribution in [0.4, 0.5) is 0 Å². The van der Waals surface area contributed by atoms with Crippen LogP contribution in [0.3, 0.4) is 0 Å². The summed E-state index contributed by atoms with van der Waals surface area (Å²) in [5, 5.41) is 3.01. The predicted molar refractivity (Wildman–Crippen MR) is 102 cm³/mol. The highest BCUT2D eigenvalue weighted by molar-refractivity contribution is 5.81. The number of methoxy groups -OCH3 is 2. The topological polar surface area (TPSA) is 56.8 Å². The fourth-order valence-electron chi connectivity index (χ4n) is 2.67. The van der Waals surface area contributed by atoms with Crippen molar-refractivity contribution in [3.05, 3.63) is 53.6 Å². The Bertz CT molecular complexity index is 727. The molecule has 5 heteroatoms. The third-order valence-electron chi connectivity index (χ3n) is 4.22. The molecule has 0 radical (unpaired) electrons. The SMILES string of the molecule is CC[C@@H](Oc1ccc(C)cc1)C(=O)N[C@@H](C)c1cc(OC)ccc1OC. The molecule has 140 valence electrons. The van der Waals surface area contributed by atoms with Gasteiger partial charge in [0.05, 0.1) is 20.3 Å². The average molecular weight is 357 g/mol. The molecule has 2 rings (SSSR count). The van der Waals surface area contributed by atoms with E-state index in [0.717, 1.165) is 11.1 Å². The van der Waals surface area contributed by atoms with Gasteiger partial charge in [0.2, 0.25) is 0 Å². The van der Waals surface area contributed by atoms with Gasteiger partial charge in [-0.2, -0.15) is 0 Å². The van der Waals surface area contributed by atoms with E-state index >= 15 is 0 Å². The lowest BCUT2D eigenvalue weighted by molar-refractivity contribution is -0.128. The largest absolute Gasteiger partial charge is 0.497 e. The summed E-state index contributed by atoms with van der Waals surface area (Å²) in [7, 11) is 3.21. The Morgan fingerprint density at radius 3 is 2.27 bits per heavy atom. The van der Waals surface area contributed by atoms with Gasteiger partial charge in [0.25, 0.3) is 5.91 Å². The summed E-state index contributed by atoms with van der Waals surface area (Å²) >= 11 is 0. The second-order valence-electron chi connectivity index (χ2n) is 6.17. The Balaban J connectivity index is 2.10. The molecule has 0 aliphatic rings. The Hall–Kier alpha value is -2.69. The zero-order chi connectivity index (χ0) is 19.1. The van der Waals surface area contributed by atoms with Crippen LogP contribution in [0.15, 0.2) is 42.5 Å². The van der Waals surface area contributed by atoms with Crippen LogP contribution in [-0.2, 0) is 4.79 Å². The first kappa shape index (κ1) is 19.6. The third kappa shape index (κ3) is 4.91. The van der Waals surface area contributed by atoms with Gasteiger partial charge in [0.15, 0.2) is 6.10 Å². The number of benzene rings is 2. The number of hydrogen-bond donors (Lipinski definition) is 1. The summed E-state index contributed by atoms with van der Waals surface area (Å²) in [4.78, 5) is 12.7. The maximum atomic E-state index is 12.7. The highest BCUT2D eigenvalue weighted by Crippen LogP contribution is 2.29. The molecule has 1 N–H and O–H groups in total. The van der Waals surface area contributed by atoms with Crippen LogP contribution in [0.2, 0.25) is 0 Å². The van der Waals surface area contributed by atoms with Gasteiger partial charge in [0.1, 0.15) is 17.2 Å². The second-order valence-corrected chi connectivity index (χ2v) is 6.17. The van der Waals surface area contributed by atoms with Gasteiger partial charge in [0, 0.05) is 5.56 Å². The van der Waals surface area contributed by atoms with E-state index in [-0.39, 0.29) is 11.9 Å². The van der Waals surface area contributed by atoms with Crippen LogP contribution in [0.1, 0.15) is 37.4 Å². The van der Waals surface area contributed by atoms with Crippen molar-refractivity contribution < 1.29 is 19.0 Å². The first-order valence-corrected chi connectivity index (χ1v) is 8.74. The van der Waals surface area contributed by atoms with Gasteiger partial charge in [-0.1, -0.05) is 24.6 Å². The van der Waals surface area contributed by atoms with Crippen molar-refractivity contribution in [2.24, 2.45) is 0 Å². The Morgan fingerprint density at radius 1 is 1.04 bits per heavy atom. The number of ether oxygens (including phenoxy) is 3. The lowest BCUT2D eigenvalue weighted by Crippen LogP contribution is -2.39. The molecule has 0 aliphatic heterocycles. The van der Waals surface area contributed by atoms with E-state index in [1.54, 1.807) is 14.2 Å². The van der Waals surface area contributed by atoms with Crippen LogP contribution in [0.5, 0.6) is 17.2 Å². The van der Waals surface area contributed by atoms with E-state index in [1.807, 2.05) is 63.2 Å². The Morgan fingerprint density at radius 2 is 1.69 bits per heavy atom. The third-order valence-corrected chi connectivity index (χ3v) is 4.22. The van der Waals surface area contributed by atoms with Crippen LogP contribution in [-0.4, -0.2) is 26.2 Å². The number of carbonyl (C=O) groups excluding carboxylic acids is 1. The smallest absolute Gasteiger partial charge is 0.261 e. The van der Waals surface area contributed by atoms with Gasteiger partial charge >= 0.3 is 0 Å². The number of nitrogens with one attached hydrogen (secondary N) is 1. The van der Waals surface area contributed by atoms with Gasteiger partial charge < -0.3 is 19.5 Å². The second kappa shape index (κ2) is 9.13. The summed E-state index contributed by atoms with van der Waals surface area (Å²) in [6.07, 6.45) is 0.0125. The molecule has 0 fully saturated rings. The molecule has 1 amide bonds. The average Bonchev–Trinajstić information content (AvgIpc) is 2.66. The van der Waals surface area contributed by atoms with Crippen LogP contribution in [0, 0.1) is 6.92 Å². The molecule has 0 saturated heterocycles. The van der Waals surface area contributed by atoms with Crippen molar-refractivity contribution in [3.8, 4) is 17.2 Å². The minimum absolute atomic E-state index is 0.162. The molecule has 2 atom stereocenters.